The van der Waals surface area contributed by atoms with Gasteiger partial charge in [0.1, 0.15) is 18.3 Å². The highest BCUT2D eigenvalue weighted by atomic mass is 35.5. The van der Waals surface area contributed by atoms with Crippen LogP contribution in [0.15, 0.2) is 95.9 Å². The van der Waals surface area contributed by atoms with Crippen molar-refractivity contribution >= 4 is 39.1 Å². The molecule has 49 heavy (non-hydrogen) atoms. The molecule has 4 aromatic carbocycles. The van der Waals surface area contributed by atoms with Crippen LogP contribution in [0, 0.1) is 6.92 Å². The van der Waals surface area contributed by atoms with Crippen LogP contribution in [0.3, 0.4) is 0 Å². The summed E-state index contributed by atoms with van der Waals surface area (Å²) < 4.78 is 46.4. The quantitative estimate of drug-likeness (QED) is 0.151. The number of methoxy groups -OCH3 is 3. The maximum atomic E-state index is 14.8. The topological polar surface area (TPSA) is 114 Å². The number of hydrogen-bond acceptors (Lipinski definition) is 7. The predicted octanol–water partition coefficient (Wildman–Crippen LogP) is 6.04. The van der Waals surface area contributed by atoms with Gasteiger partial charge in [0.2, 0.25) is 11.8 Å². The van der Waals surface area contributed by atoms with E-state index in [9.17, 15) is 18.0 Å². The fourth-order valence-corrected chi connectivity index (χ4v) is 6.97. The molecule has 4 rings (SSSR count). The number of aryl methyl sites for hydroxylation is 1. The molecule has 0 radical (unpaired) electrons. The van der Waals surface area contributed by atoms with E-state index in [1.807, 2.05) is 68.4 Å². The van der Waals surface area contributed by atoms with E-state index in [2.05, 4.69) is 5.32 Å². The first-order valence-corrected chi connectivity index (χ1v) is 17.6. The van der Waals surface area contributed by atoms with Gasteiger partial charge in [-0.2, -0.15) is 0 Å². The number of ether oxygens (including phenoxy) is 3. The third-order valence-corrected chi connectivity index (χ3v) is 10.0. The Bertz CT molecular complexity index is 1850. The number of carbonyl (C=O) groups is 2. The fraction of sp³-hybridized carbons (Fsp3) is 0.297. The highest BCUT2D eigenvalue weighted by molar-refractivity contribution is 7.92. The summed E-state index contributed by atoms with van der Waals surface area (Å²) in [5.41, 5.74) is 2.61. The van der Waals surface area contributed by atoms with Crippen LogP contribution >= 0.6 is 11.6 Å². The Labute approximate surface area is 293 Å². The third-order valence-electron chi connectivity index (χ3n) is 8.05. The van der Waals surface area contributed by atoms with Gasteiger partial charge >= 0.3 is 0 Å². The standard InChI is InChI=1S/C37H42ClN3O7S/c1-6-20-39-37(43)32(21-27-13-8-7-9-14-27)40(24-28-15-11-10-12-26(28)2)36(42)25-41(31-22-29(38)16-18-33(31)46-3)49(44,45)30-17-19-34(47-4)35(23-30)48-5/h7-19,22-23,32H,6,20-21,24-25H2,1-5H3,(H,39,43)/t32-/m1/s1. The van der Waals surface area contributed by atoms with Gasteiger partial charge in [-0.05, 0) is 60.4 Å². The van der Waals surface area contributed by atoms with Gasteiger partial charge in [-0.15, -0.1) is 0 Å². The van der Waals surface area contributed by atoms with E-state index >= 15 is 0 Å². The third kappa shape index (κ3) is 9.04. The molecule has 0 bridgehead atoms. The van der Waals surface area contributed by atoms with Crippen molar-refractivity contribution in [2.45, 2.75) is 44.2 Å². The number of benzene rings is 4. The van der Waals surface area contributed by atoms with Crippen LogP contribution < -0.4 is 23.8 Å². The van der Waals surface area contributed by atoms with E-state index < -0.39 is 28.5 Å². The molecule has 260 valence electrons. The van der Waals surface area contributed by atoms with Crippen LogP contribution in [-0.2, 0) is 32.6 Å². The lowest BCUT2D eigenvalue weighted by Crippen LogP contribution is -2.53. The van der Waals surface area contributed by atoms with Gasteiger partial charge in [0.15, 0.2) is 11.5 Å². The van der Waals surface area contributed by atoms with Gasteiger partial charge in [-0.3, -0.25) is 13.9 Å². The minimum absolute atomic E-state index is 0.0454. The molecular formula is C37H42ClN3O7S. The second-order valence-corrected chi connectivity index (χ2v) is 13.6. The van der Waals surface area contributed by atoms with Crippen molar-refractivity contribution in [3.63, 3.8) is 0 Å². The SMILES string of the molecule is CCCNC(=O)[C@@H](Cc1ccccc1)N(Cc1ccccc1C)C(=O)CN(c1cc(Cl)ccc1OC)S(=O)(=O)c1ccc(OC)c(OC)c1. The summed E-state index contributed by atoms with van der Waals surface area (Å²) in [5, 5.41) is 3.18. The molecule has 0 saturated carbocycles. The van der Waals surface area contributed by atoms with Gasteiger partial charge in [0, 0.05) is 30.6 Å². The minimum Gasteiger partial charge on any atom is -0.495 e. The molecule has 0 aliphatic heterocycles. The van der Waals surface area contributed by atoms with Crippen molar-refractivity contribution in [3.8, 4) is 17.2 Å². The number of rotatable bonds is 16. The van der Waals surface area contributed by atoms with Crippen molar-refractivity contribution in [3.05, 3.63) is 113 Å². The molecular weight excluding hydrogens is 666 g/mol. The van der Waals surface area contributed by atoms with Crippen molar-refractivity contribution in [2.75, 3.05) is 38.7 Å². The Balaban J connectivity index is 1.88. The molecule has 1 N–H and O–H groups in total. The van der Waals surface area contributed by atoms with E-state index in [4.69, 9.17) is 25.8 Å². The number of nitrogens with zero attached hydrogens (tertiary/aromatic N) is 2. The van der Waals surface area contributed by atoms with Crippen LogP contribution in [0.5, 0.6) is 17.2 Å². The molecule has 0 fully saturated rings. The van der Waals surface area contributed by atoms with Crippen LogP contribution in [0.1, 0.15) is 30.0 Å². The summed E-state index contributed by atoms with van der Waals surface area (Å²) >= 11 is 6.39. The highest BCUT2D eigenvalue weighted by Gasteiger charge is 2.36. The van der Waals surface area contributed by atoms with Gasteiger partial charge in [0.05, 0.1) is 31.9 Å². The van der Waals surface area contributed by atoms with Gasteiger partial charge < -0.3 is 24.4 Å². The maximum Gasteiger partial charge on any atom is 0.265 e. The van der Waals surface area contributed by atoms with E-state index in [1.165, 1.54) is 56.6 Å². The molecule has 0 heterocycles. The minimum atomic E-state index is -4.48. The molecule has 0 saturated heterocycles. The summed E-state index contributed by atoms with van der Waals surface area (Å²) in [6.45, 7) is 3.66. The number of anilines is 1. The van der Waals surface area contributed by atoms with Crippen LogP contribution in [0.2, 0.25) is 5.02 Å². The second kappa shape index (κ2) is 17.1. The lowest BCUT2D eigenvalue weighted by molar-refractivity contribution is -0.140. The van der Waals surface area contributed by atoms with Gasteiger partial charge in [-0.1, -0.05) is 73.1 Å². The smallest absolute Gasteiger partial charge is 0.265 e. The zero-order valence-corrected chi connectivity index (χ0v) is 29.9. The largest absolute Gasteiger partial charge is 0.495 e. The molecule has 0 aromatic heterocycles. The molecule has 10 nitrogen and oxygen atoms in total. The van der Waals surface area contributed by atoms with E-state index in [1.54, 1.807) is 6.07 Å². The van der Waals surface area contributed by atoms with Crippen molar-refractivity contribution in [1.29, 1.82) is 0 Å². The zero-order chi connectivity index (χ0) is 35.6. The zero-order valence-electron chi connectivity index (χ0n) is 28.3. The first-order chi connectivity index (χ1) is 23.5. The number of nitrogens with one attached hydrogen (secondary N) is 1. The number of halogens is 1. The first-order valence-electron chi connectivity index (χ1n) is 15.8. The summed E-state index contributed by atoms with van der Waals surface area (Å²) in [4.78, 5) is 29.9. The Kier molecular flexibility index (Phi) is 12.9. The van der Waals surface area contributed by atoms with Crippen molar-refractivity contribution < 1.29 is 32.2 Å². The molecule has 1 atom stereocenters. The summed E-state index contributed by atoms with van der Waals surface area (Å²) in [7, 11) is -0.239. The Morgan fingerprint density at radius 3 is 2.14 bits per heavy atom. The Hall–Kier alpha value is -4.74. The molecule has 4 aromatic rings. The molecule has 12 heteroatoms. The second-order valence-electron chi connectivity index (χ2n) is 11.3. The van der Waals surface area contributed by atoms with E-state index in [0.29, 0.717) is 18.7 Å². The van der Waals surface area contributed by atoms with Gasteiger partial charge in [-0.25, -0.2) is 8.42 Å². The number of amides is 2. The average Bonchev–Trinajstić information content (AvgIpc) is 3.11. The van der Waals surface area contributed by atoms with Crippen molar-refractivity contribution in [1.82, 2.24) is 10.2 Å². The Morgan fingerprint density at radius 2 is 1.49 bits per heavy atom. The van der Waals surface area contributed by atoms with E-state index in [0.717, 1.165) is 21.0 Å². The van der Waals surface area contributed by atoms with Gasteiger partial charge in [0.25, 0.3) is 10.0 Å². The maximum absolute atomic E-state index is 14.8. The number of carbonyl (C=O) groups excluding carboxylic acids is 2. The Morgan fingerprint density at radius 1 is 0.837 bits per heavy atom. The van der Waals surface area contributed by atoms with Crippen LogP contribution in [-0.4, -0.2) is 65.6 Å². The molecule has 0 spiro atoms. The fourth-order valence-electron chi connectivity index (χ4n) is 5.37. The molecule has 0 aliphatic carbocycles. The lowest BCUT2D eigenvalue weighted by Gasteiger charge is -2.34. The molecule has 0 unspecified atom stereocenters. The summed E-state index contributed by atoms with van der Waals surface area (Å²) in [5.74, 6) is -0.266. The predicted molar refractivity (Wildman–Crippen MR) is 191 cm³/mol. The monoisotopic (exact) mass is 707 g/mol. The van der Waals surface area contributed by atoms with E-state index in [-0.39, 0.29) is 46.0 Å². The summed E-state index contributed by atoms with van der Waals surface area (Å²) in [6, 6.07) is 24.7. The van der Waals surface area contributed by atoms with Crippen LogP contribution in [0.25, 0.3) is 0 Å². The number of hydrogen-bond donors (Lipinski definition) is 1. The highest BCUT2D eigenvalue weighted by Crippen LogP contribution is 2.37. The molecule has 0 aliphatic rings. The lowest BCUT2D eigenvalue weighted by atomic mass is 10.0. The number of sulfonamides is 1. The normalized spacial score (nSPS) is 11.7. The van der Waals surface area contributed by atoms with Crippen LogP contribution in [0.4, 0.5) is 5.69 Å². The summed E-state index contributed by atoms with van der Waals surface area (Å²) in [6.07, 6.45) is 0.901. The van der Waals surface area contributed by atoms with Crippen molar-refractivity contribution in [2.24, 2.45) is 0 Å². The first kappa shape index (κ1) is 37.1. The molecule has 2 amide bonds. The average molecular weight is 708 g/mol.